The summed E-state index contributed by atoms with van der Waals surface area (Å²) >= 11 is 0. The second-order valence-corrected chi connectivity index (χ2v) is 12.5. The van der Waals surface area contributed by atoms with E-state index in [9.17, 15) is 5.11 Å². The molecule has 198 valence electrons. The van der Waals surface area contributed by atoms with Gasteiger partial charge in [0.25, 0.3) is 0 Å². The third-order valence-electron chi connectivity index (χ3n) is 10.8. The zero-order valence-corrected chi connectivity index (χ0v) is 23.4. The van der Waals surface area contributed by atoms with E-state index < -0.39 is 11.5 Å². The molecule has 1 heteroatoms. The highest BCUT2D eigenvalue weighted by Gasteiger charge is 2.54. The molecule has 1 N–H and O–H groups in total. The summed E-state index contributed by atoms with van der Waals surface area (Å²) in [6.45, 7) is 2.33. The third-order valence-corrected chi connectivity index (χ3v) is 10.8. The fourth-order valence-corrected chi connectivity index (χ4v) is 8.94. The Morgan fingerprint density at radius 2 is 1.07 bits per heavy atom. The highest BCUT2D eigenvalue weighted by molar-refractivity contribution is 5.94. The highest BCUT2D eigenvalue weighted by Crippen LogP contribution is 2.65. The van der Waals surface area contributed by atoms with Gasteiger partial charge in [0.05, 0.1) is 11.5 Å². The van der Waals surface area contributed by atoms with Crippen molar-refractivity contribution in [2.45, 2.75) is 30.8 Å². The summed E-state index contributed by atoms with van der Waals surface area (Å²) in [5.74, 6) is 0.345. The van der Waals surface area contributed by atoms with Crippen LogP contribution in [-0.2, 0) is 11.8 Å². The van der Waals surface area contributed by atoms with Crippen molar-refractivity contribution in [2.24, 2.45) is 0 Å². The lowest BCUT2D eigenvalue weighted by Gasteiger charge is -2.43. The molecule has 6 aromatic carbocycles. The molecule has 0 fully saturated rings. The van der Waals surface area contributed by atoms with Gasteiger partial charge in [0.2, 0.25) is 0 Å². The lowest BCUT2D eigenvalue weighted by Crippen LogP contribution is -2.38. The molecule has 1 nitrogen and oxygen atoms in total. The molecule has 10 rings (SSSR count). The summed E-state index contributed by atoms with van der Waals surface area (Å²) in [6, 6.07) is 44.7. The van der Waals surface area contributed by atoms with Gasteiger partial charge < -0.3 is 5.11 Å². The van der Waals surface area contributed by atoms with Crippen LogP contribution >= 0.6 is 0 Å². The molecule has 42 heavy (non-hydrogen) atoms. The van der Waals surface area contributed by atoms with Gasteiger partial charge in [0, 0.05) is 5.92 Å². The molecule has 6 aromatic rings. The number of hydrogen-bond donors (Lipinski definition) is 1. The van der Waals surface area contributed by atoms with Crippen LogP contribution in [0.3, 0.4) is 0 Å². The Morgan fingerprint density at radius 1 is 0.476 bits per heavy atom. The quantitative estimate of drug-likeness (QED) is 0.205. The number of aliphatic hydroxyl groups is 1. The predicted molar refractivity (Wildman–Crippen MR) is 170 cm³/mol. The number of rotatable bonds is 0. The molecule has 0 saturated heterocycles. The first kappa shape index (κ1) is 22.9. The summed E-state index contributed by atoms with van der Waals surface area (Å²) < 4.78 is 0. The topological polar surface area (TPSA) is 20.2 Å². The first-order valence-electron chi connectivity index (χ1n) is 15.1. The minimum atomic E-state index is -0.727. The highest BCUT2D eigenvalue weighted by atomic mass is 16.3. The second-order valence-electron chi connectivity index (χ2n) is 12.5. The molecule has 0 bridgehead atoms. The van der Waals surface area contributed by atoms with Gasteiger partial charge in [-0.25, -0.2) is 0 Å². The lowest BCUT2D eigenvalue weighted by atomic mass is 9.60. The van der Waals surface area contributed by atoms with Gasteiger partial charge in [-0.05, 0) is 120 Å². The van der Waals surface area contributed by atoms with E-state index in [1.54, 1.807) is 0 Å². The monoisotopic (exact) mass is 536 g/mol. The van der Waals surface area contributed by atoms with Crippen molar-refractivity contribution < 1.29 is 5.11 Å². The molecule has 0 aromatic heterocycles. The fraction of sp³-hybridized carbons (Fsp3) is 0.122. The van der Waals surface area contributed by atoms with Crippen LogP contribution in [0.2, 0.25) is 0 Å². The van der Waals surface area contributed by atoms with Gasteiger partial charge >= 0.3 is 0 Å². The maximum Gasteiger partial charge on any atom is 0.0975 e. The van der Waals surface area contributed by atoms with E-state index in [1.165, 1.54) is 83.5 Å². The average molecular weight is 537 g/mol. The van der Waals surface area contributed by atoms with Crippen LogP contribution in [0.25, 0.3) is 44.5 Å². The summed E-state index contributed by atoms with van der Waals surface area (Å²) in [5.41, 5.74) is 19.5. The van der Waals surface area contributed by atoms with Crippen molar-refractivity contribution in [2.75, 3.05) is 0 Å². The van der Waals surface area contributed by atoms with E-state index in [0.717, 1.165) is 12.0 Å². The lowest BCUT2D eigenvalue weighted by molar-refractivity contribution is 0.123. The van der Waals surface area contributed by atoms with Crippen molar-refractivity contribution in [1.82, 2.24) is 0 Å². The van der Waals surface area contributed by atoms with Crippen LogP contribution < -0.4 is 0 Å². The van der Waals surface area contributed by atoms with Gasteiger partial charge in [-0.15, -0.1) is 0 Å². The minimum Gasteiger partial charge on any atom is -0.387 e. The van der Waals surface area contributed by atoms with E-state index in [1.807, 2.05) is 0 Å². The zero-order chi connectivity index (χ0) is 27.7. The molecule has 3 atom stereocenters. The minimum absolute atomic E-state index is 0.345. The molecule has 0 heterocycles. The summed E-state index contributed by atoms with van der Waals surface area (Å²) in [7, 11) is 0. The number of fused-ring (bicyclic) bond motifs is 15. The molecule has 4 aliphatic rings. The van der Waals surface area contributed by atoms with Gasteiger partial charge in [-0.3, -0.25) is 0 Å². The fourth-order valence-electron chi connectivity index (χ4n) is 8.94. The van der Waals surface area contributed by atoms with Crippen LogP contribution in [0, 0.1) is 0 Å². The molecule has 4 aliphatic carbocycles. The first-order chi connectivity index (χ1) is 20.7. The standard InChI is InChI=1S/C41H28O/c1-23-26-11-4-5-13-28(26)34-22-39-35(20-31(23)34)30-15-7-9-17-38(30)41(39)37-16-8-6-14-29(37)33-19-25-18-24-10-2-3-12-27(24)32(25)21-36(33)40(41)42/h2-17,19-23,40,42H,18H2,1H3/t23-,40?,41?/m1/s1. The van der Waals surface area contributed by atoms with Crippen LogP contribution in [0.5, 0.6) is 0 Å². The molecule has 2 unspecified atom stereocenters. The van der Waals surface area contributed by atoms with Gasteiger partial charge in [0.15, 0.2) is 0 Å². The van der Waals surface area contributed by atoms with Crippen LogP contribution in [0.15, 0.2) is 121 Å². The molecule has 0 amide bonds. The number of hydrogen-bond acceptors (Lipinski definition) is 1. The Labute approximate surface area is 245 Å². The maximum absolute atomic E-state index is 12.9. The van der Waals surface area contributed by atoms with Crippen LogP contribution in [-0.4, -0.2) is 5.11 Å². The number of benzene rings is 6. The van der Waals surface area contributed by atoms with Crippen molar-refractivity contribution in [3.8, 4) is 44.5 Å². The van der Waals surface area contributed by atoms with Crippen molar-refractivity contribution in [1.29, 1.82) is 0 Å². The molecule has 0 radical (unpaired) electrons. The van der Waals surface area contributed by atoms with E-state index in [4.69, 9.17) is 0 Å². The van der Waals surface area contributed by atoms with E-state index in [-0.39, 0.29) is 0 Å². The predicted octanol–water partition coefficient (Wildman–Crippen LogP) is 9.42. The Morgan fingerprint density at radius 3 is 1.86 bits per heavy atom. The Balaban J connectivity index is 1.31. The van der Waals surface area contributed by atoms with Crippen LogP contribution in [0.4, 0.5) is 0 Å². The SMILES string of the molecule is C[C@@H]1c2ccccc2-c2cc3c(cc21)-c1ccccc1C31c2ccccc2-c2cc3c(cc2C1O)-c1ccccc1C3. The average Bonchev–Trinajstić information content (AvgIpc) is 3.65. The van der Waals surface area contributed by atoms with Crippen LogP contribution in [0.1, 0.15) is 63.5 Å². The molecular weight excluding hydrogens is 508 g/mol. The third kappa shape index (κ3) is 2.56. The van der Waals surface area contributed by atoms with Crippen molar-refractivity contribution in [3.05, 3.63) is 166 Å². The molecule has 0 aliphatic heterocycles. The maximum atomic E-state index is 12.9. The summed E-state index contributed by atoms with van der Waals surface area (Å²) in [6.07, 6.45) is 0.215. The van der Waals surface area contributed by atoms with Crippen molar-refractivity contribution >= 4 is 0 Å². The van der Waals surface area contributed by atoms with E-state index >= 15 is 0 Å². The van der Waals surface area contributed by atoms with E-state index in [2.05, 4.69) is 128 Å². The smallest absolute Gasteiger partial charge is 0.0975 e. The first-order valence-corrected chi connectivity index (χ1v) is 15.1. The Bertz CT molecular complexity index is 2170. The van der Waals surface area contributed by atoms with Gasteiger partial charge in [0.1, 0.15) is 0 Å². The van der Waals surface area contributed by atoms with Crippen molar-refractivity contribution in [3.63, 3.8) is 0 Å². The van der Waals surface area contributed by atoms with Gasteiger partial charge in [-0.1, -0.05) is 104 Å². The Hall–Kier alpha value is -4.72. The molecular formula is C41H28O. The largest absolute Gasteiger partial charge is 0.387 e. The van der Waals surface area contributed by atoms with Gasteiger partial charge in [-0.2, -0.15) is 0 Å². The molecule has 1 spiro atoms. The number of aliphatic hydroxyl groups excluding tert-OH is 1. The molecule has 0 saturated carbocycles. The Kier molecular flexibility index (Phi) is 4.23. The summed E-state index contributed by atoms with van der Waals surface area (Å²) in [4.78, 5) is 0. The zero-order valence-electron chi connectivity index (χ0n) is 23.4. The summed E-state index contributed by atoms with van der Waals surface area (Å²) in [5, 5.41) is 12.9. The second kappa shape index (κ2) is 7.76. The van der Waals surface area contributed by atoms with E-state index in [0.29, 0.717) is 5.92 Å². The normalized spacial score (nSPS) is 21.1.